The molecule has 0 unspecified atom stereocenters. The van der Waals surface area contributed by atoms with E-state index in [9.17, 15) is 10.1 Å². The van der Waals surface area contributed by atoms with Crippen molar-refractivity contribution in [1.82, 2.24) is 10.3 Å². The zero-order chi connectivity index (χ0) is 13.7. The van der Waals surface area contributed by atoms with Crippen LogP contribution in [0.4, 0.5) is 5.69 Å². The van der Waals surface area contributed by atoms with Crippen LogP contribution >= 0.6 is 0 Å². The highest BCUT2D eigenvalue weighted by Crippen LogP contribution is 2.20. The first-order valence-corrected chi connectivity index (χ1v) is 6.01. The number of hydrogen-bond acceptors (Lipinski definition) is 4. The monoisotopic (exact) mass is 257 g/mol. The average Bonchev–Trinajstić information content (AvgIpc) is 2.41. The van der Waals surface area contributed by atoms with Crippen molar-refractivity contribution in [1.29, 1.82) is 0 Å². The van der Waals surface area contributed by atoms with Crippen molar-refractivity contribution in [2.75, 3.05) is 0 Å². The summed E-state index contributed by atoms with van der Waals surface area (Å²) in [5.74, 6) is 0. The summed E-state index contributed by atoms with van der Waals surface area (Å²) >= 11 is 0. The molecular formula is C14H15N3O2. The lowest BCUT2D eigenvalue weighted by atomic mass is 10.1. The van der Waals surface area contributed by atoms with Crippen LogP contribution in [0.3, 0.4) is 0 Å². The van der Waals surface area contributed by atoms with Crippen LogP contribution in [-0.4, -0.2) is 9.91 Å². The number of pyridine rings is 1. The molecule has 0 atom stereocenters. The Balaban J connectivity index is 2.00. The second-order valence-electron chi connectivity index (χ2n) is 4.28. The van der Waals surface area contributed by atoms with Gasteiger partial charge in [0.2, 0.25) is 0 Å². The van der Waals surface area contributed by atoms with Crippen molar-refractivity contribution in [2.24, 2.45) is 0 Å². The Morgan fingerprint density at radius 1 is 1.26 bits per heavy atom. The van der Waals surface area contributed by atoms with Gasteiger partial charge in [-0.1, -0.05) is 18.2 Å². The first-order chi connectivity index (χ1) is 9.18. The van der Waals surface area contributed by atoms with Crippen LogP contribution in [0.5, 0.6) is 0 Å². The summed E-state index contributed by atoms with van der Waals surface area (Å²) in [5.41, 5.74) is 2.91. The topological polar surface area (TPSA) is 68.1 Å². The van der Waals surface area contributed by atoms with E-state index in [1.165, 1.54) is 6.07 Å². The molecule has 1 aromatic carbocycles. The first kappa shape index (κ1) is 13.2. The third-order valence-corrected chi connectivity index (χ3v) is 2.98. The molecule has 2 aromatic rings. The lowest BCUT2D eigenvalue weighted by molar-refractivity contribution is -0.385. The Hall–Kier alpha value is -2.27. The number of nitro groups is 1. The van der Waals surface area contributed by atoms with E-state index in [0.29, 0.717) is 18.7 Å². The lowest BCUT2D eigenvalue weighted by Gasteiger charge is -2.08. The number of nitrogens with zero attached hydrogens (tertiary/aromatic N) is 2. The first-order valence-electron chi connectivity index (χ1n) is 6.01. The zero-order valence-electron chi connectivity index (χ0n) is 10.7. The molecule has 0 aliphatic rings. The molecule has 1 N–H and O–H groups in total. The molecule has 1 aromatic heterocycles. The maximum absolute atomic E-state index is 10.8. The Labute approximate surface area is 111 Å². The molecular weight excluding hydrogens is 242 g/mol. The van der Waals surface area contributed by atoms with Gasteiger partial charge in [-0.05, 0) is 24.1 Å². The molecule has 0 bridgehead atoms. The van der Waals surface area contributed by atoms with Gasteiger partial charge in [0.15, 0.2) is 0 Å². The zero-order valence-corrected chi connectivity index (χ0v) is 10.7. The Morgan fingerprint density at radius 2 is 2.11 bits per heavy atom. The molecule has 0 saturated carbocycles. The number of nitro benzene ring substituents is 1. The number of aromatic nitrogens is 1. The molecule has 0 aliphatic carbocycles. The number of benzene rings is 1. The third kappa shape index (κ3) is 3.35. The third-order valence-electron chi connectivity index (χ3n) is 2.98. The van der Waals surface area contributed by atoms with Gasteiger partial charge >= 0.3 is 0 Å². The summed E-state index contributed by atoms with van der Waals surface area (Å²) < 4.78 is 0. The fourth-order valence-corrected chi connectivity index (χ4v) is 1.90. The van der Waals surface area contributed by atoms with E-state index in [0.717, 1.165) is 11.1 Å². The van der Waals surface area contributed by atoms with Crippen molar-refractivity contribution in [2.45, 2.75) is 20.0 Å². The highest BCUT2D eigenvalue weighted by atomic mass is 16.6. The summed E-state index contributed by atoms with van der Waals surface area (Å²) in [6.07, 6.45) is 3.53. The minimum atomic E-state index is -0.347. The molecule has 0 aliphatic heterocycles. The number of nitrogens with one attached hydrogen (secondary N) is 1. The van der Waals surface area contributed by atoms with Gasteiger partial charge < -0.3 is 5.32 Å². The van der Waals surface area contributed by atoms with Gasteiger partial charge in [-0.15, -0.1) is 0 Å². The molecule has 19 heavy (non-hydrogen) atoms. The van der Waals surface area contributed by atoms with Crippen LogP contribution in [0.15, 0.2) is 42.7 Å². The van der Waals surface area contributed by atoms with Crippen LogP contribution in [0.2, 0.25) is 0 Å². The van der Waals surface area contributed by atoms with Crippen molar-refractivity contribution in [3.63, 3.8) is 0 Å². The van der Waals surface area contributed by atoms with Gasteiger partial charge in [-0.2, -0.15) is 0 Å². The van der Waals surface area contributed by atoms with E-state index in [4.69, 9.17) is 0 Å². The van der Waals surface area contributed by atoms with E-state index < -0.39 is 0 Å². The lowest BCUT2D eigenvalue weighted by Crippen LogP contribution is -2.14. The molecule has 0 saturated heterocycles. The normalized spacial score (nSPS) is 10.4. The van der Waals surface area contributed by atoms with Crippen LogP contribution < -0.4 is 5.32 Å². The van der Waals surface area contributed by atoms with Gasteiger partial charge in [0, 0.05) is 37.1 Å². The Kier molecular flexibility index (Phi) is 4.20. The van der Waals surface area contributed by atoms with Crippen molar-refractivity contribution >= 4 is 5.69 Å². The van der Waals surface area contributed by atoms with Crippen molar-refractivity contribution < 1.29 is 4.92 Å². The van der Waals surface area contributed by atoms with Crippen LogP contribution in [0.25, 0.3) is 0 Å². The predicted octanol–water partition coefficient (Wildman–Crippen LogP) is 2.59. The molecule has 0 radical (unpaired) electrons. The maximum atomic E-state index is 10.8. The quantitative estimate of drug-likeness (QED) is 0.660. The van der Waals surface area contributed by atoms with E-state index in [1.807, 2.05) is 18.2 Å². The van der Waals surface area contributed by atoms with Crippen LogP contribution in [-0.2, 0) is 13.1 Å². The highest BCUT2D eigenvalue weighted by molar-refractivity contribution is 5.44. The van der Waals surface area contributed by atoms with Crippen molar-refractivity contribution in [3.8, 4) is 0 Å². The Bertz CT molecular complexity index is 570. The second kappa shape index (κ2) is 6.06. The minimum absolute atomic E-state index is 0.167. The van der Waals surface area contributed by atoms with Crippen LogP contribution in [0.1, 0.15) is 16.7 Å². The van der Waals surface area contributed by atoms with Gasteiger partial charge in [0.25, 0.3) is 5.69 Å². The van der Waals surface area contributed by atoms with E-state index in [-0.39, 0.29) is 10.6 Å². The summed E-state index contributed by atoms with van der Waals surface area (Å²) in [6, 6.07) is 9.01. The van der Waals surface area contributed by atoms with Crippen molar-refractivity contribution in [3.05, 3.63) is 69.5 Å². The molecule has 5 nitrogen and oxygen atoms in total. The molecule has 0 fully saturated rings. The number of hydrogen-bond donors (Lipinski definition) is 1. The molecule has 0 spiro atoms. The summed E-state index contributed by atoms with van der Waals surface area (Å²) in [7, 11) is 0. The predicted molar refractivity (Wildman–Crippen MR) is 72.6 cm³/mol. The summed E-state index contributed by atoms with van der Waals surface area (Å²) in [5, 5.41) is 14.1. The standard InChI is InChI=1S/C14H15N3O2/c1-11-13(5-2-6-14(11)17(18)19)10-16-9-12-4-3-7-15-8-12/h2-8,16H,9-10H2,1H3. The SMILES string of the molecule is Cc1c(CNCc2cccnc2)cccc1[N+](=O)[O-]. The van der Waals surface area contributed by atoms with Gasteiger partial charge in [-0.3, -0.25) is 15.1 Å². The van der Waals surface area contributed by atoms with Gasteiger partial charge in [0.1, 0.15) is 0 Å². The van der Waals surface area contributed by atoms with E-state index in [2.05, 4.69) is 10.3 Å². The van der Waals surface area contributed by atoms with E-state index >= 15 is 0 Å². The van der Waals surface area contributed by atoms with E-state index in [1.54, 1.807) is 25.4 Å². The van der Waals surface area contributed by atoms with Gasteiger partial charge in [0.05, 0.1) is 4.92 Å². The molecule has 1 heterocycles. The second-order valence-corrected chi connectivity index (χ2v) is 4.28. The van der Waals surface area contributed by atoms with Gasteiger partial charge in [-0.25, -0.2) is 0 Å². The largest absolute Gasteiger partial charge is 0.309 e. The Morgan fingerprint density at radius 3 is 2.79 bits per heavy atom. The summed E-state index contributed by atoms with van der Waals surface area (Å²) in [4.78, 5) is 14.5. The summed E-state index contributed by atoms with van der Waals surface area (Å²) in [6.45, 7) is 3.07. The smallest absolute Gasteiger partial charge is 0.272 e. The molecule has 0 amide bonds. The molecule has 2 rings (SSSR count). The fraction of sp³-hybridized carbons (Fsp3) is 0.214. The maximum Gasteiger partial charge on any atom is 0.272 e. The minimum Gasteiger partial charge on any atom is -0.309 e. The fourth-order valence-electron chi connectivity index (χ4n) is 1.90. The number of rotatable bonds is 5. The average molecular weight is 257 g/mol. The molecule has 98 valence electrons. The highest BCUT2D eigenvalue weighted by Gasteiger charge is 2.12. The van der Waals surface area contributed by atoms with Crippen LogP contribution in [0, 0.1) is 17.0 Å². The molecule has 5 heteroatoms.